The van der Waals surface area contributed by atoms with Gasteiger partial charge in [0.05, 0.1) is 6.61 Å². The van der Waals surface area contributed by atoms with Gasteiger partial charge in [-0.2, -0.15) is 0 Å². The normalized spacial score (nSPS) is 13.6. The maximum absolute atomic E-state index is 11.0. The Hall–Kier alpha value is -1.32. The molecule has 4 nitrogen and oxygen atoms in total. The van der Waals surface area contributed by atoms with Crippen molar-refractivity contribution in [3.63, 3.8) is 0 Å². The standard InChI is InChI=1S/C13H22O4/c1-10(9-13(2,3)4)7-8-17-12(16)6-5-11(14)15/h5-6,10H,7-9H2,1-4H3,(H,14,15)/b6-5+. The molecular weight excluding hydrogens is 220 g/mol. The molecule has 0 spiro atoms. The van der Waals surface area contributed by atoms with Crippen LogP contribution in [0, 0.1) is 11.3 Å². The molecule has 0 radical (unpaired) electrons. The zero-order valence-corrected chi connectivity index (χ0v) is 11.0. The van der Waals surface area contributed by atoms with Gasteiger partial charge >= 0.3 is 11.9 Å². The maximum Gasteiger partial charge on any atom is 0.331 e. The van der Waals surface area contributed by atoms with Crippen LogP contribution in [0.2, 0.25) is 0 Å². The lowest BCUT2D eigenvalue weighted by atomic mass is 9.84. The number of ether oxygens (including phenoxy) is 1. The molecular formula is C13H22O4. The largest absolute Gasteiger partial charge is 0.478 e. The molecule has 17 heavy (non-hydrogen) atoms. The quantitative estimate of drug-likeness (QED) is 0.574. The fourth-order valence-corrected chi connectivity index (χ4v) is 1.70. The second kappa shape index (κ2) is 7.09. The lowest BCUT2D eigenvalue weighted by Gasteiger charge is -2.22. The number of esters is 1. The van der Waals surface area contributed by atoms with E-state index < -0.39 is 11.9 Å². The number of carbonyl (C=O) groups excluding carboxylic acids is 1. The van der Waals surface area contributed by atoms with Crippen molar-refractivity contribution >= 4 is 11.9 Å². The zero-order chi connectivity index (χ0) is 13.5. The first kappa shape index (κ1) is 15.7. The van der Waals surface area contributed by atoms with Gasteiger partial charge in [-0.3, -0.25) is 0 Å². The molecule has 0 rings (SSSR count). The molecule has 1 atom stereocenters. The summed E-state index contributed by atoms with van der Waals surface area (Å²) in [6.07, 6.45) is 3.57. The van der Waals surface area contributed by atoms with Gasteiger partial charge in [0.25, 0.3) is 0 Å². The molecule has 0 heterocycles. The molecule has 0 aromatic rings. The van der Waals surface area contributed by atoms with Gasteiger partial charge in [-0.05, 0) is 24.2 Å². The van der Waals surface area contributed by atoms with Gasteiger partial charge in [0.1, 0.15) is 0 Å². The predicted octanol–water partition coefficient (Wildman–Crippen LogP) is 2.63. The molecule has 0 aromatic heterocycles. The van der Waals surface area contributed by atoms with Gasteiger partial charge < -0.3 is 9.84 Å². The summed E-state index contributed by atoms with van der Waals surface area (Å²) >= 11 is 0. The number of hydrogen-bond acceptors (Lipinski definition) is 3. The molecule has 0 aliphatic carbocycles. The third kappa shape index (κ3) is 11.0. The van der Waals surface area contributed by atoms with Crippen LogP contribution in [0.25, 0.3) is 0 Å². The topological polar surface area (TPSA) is 63.6 Å². The molecule has 1 N–H and O–H groups in total. The zero-order valence-electron chi connectivity index (χ0n) is 11.0. The molecule has 98 valence electrons. The van der Waals surface area contributed by atoms with Gasteiger partial charge in [0, 0.05) is 12.2 Å². The van der Waals surface area contributed by atoms with E-state index in [0.717, 1.165) is 25.0 Å². The van der Waals surface area contributed by atoms with Crippen LogP contribution in [-0.4, -0.2) is 23.7 Å². The third-order valence-corrected chi connectivity index (χ3v) is 2.18. The fraction of sp³-hybridized carbons (Fsp3) is 0.692. The second-order valence-corrected chi connectivity index (χ2v) is 5.50. The fourth-order valence-electron chi connectivity index (χ4n) is 1.70. The number of aliphatic carboxylic acids is 1. The summed E-state index contributed by atoms with van der Waals surface area (Å²) in [7, 11) is 0. The summed E-state index contributed by atoms with van der Waals surface area (Å²) in [4.78, 5) is 21.2. The molecule has 0 aromatic carbocycles. The lowest BCUT2D eigenvalue weighted by molar-refractivity contribution is -0.139. The van der Waals surface area contributed by atoms with E-state index in [1.165, 1.54) is 0 Å². The van der Waals surface area contributed by atoms with Gasteiger partial charge in [0.15, 0.2) is 0 Å². The Balaban J connectivity index is 3.77. The molecule has 0 amide bonds. The van der Waals surface area contributed by atoms with E-state index in [1.807, 2.05) is 0 Å². The highest BCUT2D eigenvalue weighted by Crippen LogP contribution is 2.25. The Morgan fingerprint density at radius 2 is 1.88 bits per heavy atom. The van der Waals surface area contributed by atoms with Crippen molar-refractivity contribution < 1.29 is 19.4 Å². The van der Waals surface area contributed by atoms with Crippen LogP contribution in [0.4, 0.5) is 0 Å². The van der Waals surface area contributed by atoms with Crippen molar-refractivity contribution in [3.05, 3.63) is 12.2 Å². The number of carbonyl (C=O) groups is 2. The van der Waals surface area contributed by atoms with E-state index in [0.29, 0.717) is 12.5 Å². The van der Waals surface area contributed by atoms with E-state index in [1.54, 1.807) is 0 Å². The van der Waals surface area contributed by atoms with Gasteiger partial charge in [-0.15, -0.1) is 0 Å². The number of hydrogen-bond donors (Lipinski definition) is 1. The van der Waals surface area contributed by atoms with Crippen LogP contribution >= 0.6 is 0 Å². The van der Waals surface area contributed by atoms with Crippen molar-refractivity contribution in [3.8, 4) is 0 Å². The second-order valence-electron chi connectivity index (χ2n) is 5.50. The first-order valence-corrected chi connectivity index (χ1v) is 5.78. The van der Waals surface area contributed by atoms with Crippen LogP contribution in [0.1, 0.15) is 40.5 Å². The van der Waals surface area contributed by atoms with E-state index >= 15 is 0 Å². The van der Waals surface area contributed by atoms with Crippen molar-refractivity contribution in [1.82, 2.24) is 0 Å². The van der Waals surface area contributed by atoms with Crippen LogP contribution in [-0.2, 0) is 14.3 Å². The minimum atomic E-state index is -1.15. The van der Waals surface area contributed by atoms with E-state index in [2.05, 4.69) is 27.7 Å². The van der Waals surface area contributed by atoms with Crippen molar-refractivity contribution in [2.75, 3.05) is 6.61 Å². The Morgan fingerprint density at radius 3 is 2.35 bits per heavy atom. The summed E-state index contributed by atoms with van der Waals surface area (Å²) in [5.74, 6) is -1.27. The summed E-state index contributed by atoms with van der Waals surface area (Å²) in [5, 5.41) is 8.31. The first-order valence-electron chi connectivity index (χ1n) is 5.78. The summed E-state index contributed by atoms with van der Waals surface area (Å²) in [6.45, 7) is 8.97. The number of rotatable bonds is 6. The van der Waals surface area contributed by atoms with Crippen LogP contribution < -0.4 is 0 Å². The molecule has 1 unspecified atom stereocenters. The van der Waals surface area contributed by atoms with Crippen molar-refractivity contribution in [2.45, 2.75) is 40.5 Å². The minimum absolute atomic E-state index is 0.270. The third-order valence-electron chi connectivity index (χ3n) is 2.18. The molecule has 0 saturated heterocycles. The van der Waals surface area contributed by atoms with Gasteiger partial charge in [0.2, 0.25) is 0 Å². The molecule has 0 fully saturated rings. The predicted molar refractivity (Wildman–Crippen MR) is 65.6 cm³/mol. The summed E-state index contributed by atoms with van der Waals surface area (Å²) < 4.78 is 4.89. The smallest absolute Gasteiger partial charge is 0.331 e. The van der Waals surface area contributed by atoms with Crippen LogP contribution in [0.3, 0.4) is 0 Å². The molecule has 4 heteroatoms. The average Bonchev–Trinajstić information content (AvgIpc) is 2.11. The Kier molecular flexibility index (Phi) is 6.54. The monoisotopic (exact) mass is 242 g/mol. The highest BCUT2D eigenvalue weighted by molar-refractivity contribution is 5.90. The number of carboxylic acids is 1. The Morgan fingerprint density at radius 1 is 1.29 bits per heavy atom. The maximum atomic E-state index is 11.0. The molecule has 0 aliphatic rings. The molecule has 0 saturated carbocycles. The highest BCUT2D eigenvalue weighted by atomic mass is 16.5. The lowest BCUT2D eigenvalue weighted by Crippen LogP contribution is -2.13. The van der Waals surface area contributed by atoms with Crippen LogP contribution in [0.15, 0.2) is 12.2 Å². The Labute approximate surface area is 103 Å². The minimum Gasteiger partial charge on any atom is -0.478 e. The van der Waals surface area contributed by atoms with Gasteiger partial charge in [-0.1, -0.05) is 27.7 Å². The van der Waals surface area contributed by atoms with E-state index in [4.69, 9.17) is 9.84 Å². The van der Waals surface area contributed by atoms with Crippen molar-refractivity contribution in [2.24, 2.45) is 11.3 Å². The summed E-state index contributed by atoms with van der Waals surface area (Å²) in [6, 6.07) is 0. The average molecular weight is 242 g/mol. The Bertz CT molecular complexity index is 286. The molecule has 0 aliphatic heterocycles. The van der Waals surface area contributed by atoms with E-state index in [-0.39, 0.29) is 5.41 Å². The SMILES string of the molecule is CC(CCOC(=O)/C=C/C(=O)O)CC(C)(C)C. The molecule has 0 bridgehead atoms. The van der Waals surface area contributed by atoms with Crippen LogP contribution in [0.5, 0.6) is 0 Å². The van der Waals surface area contributed by atoms with Crippen molar-refractivity contribution in [1.29, 1.82) is 0 Å². The summed E-state index contributed by atoms with van der Waals surface area (Å²) in [5.41, 5.74) is 0.270. The van der Waals surface area contributed by atoms with E-state index in [9.17, 15) is 9.59 Å². The highest BCUT2D eigenvalue weighted by Gasteiger charge is 2.15. The number of carboxylic acid groups (broad SMARTS) is 1. The first-order chi connectivity index (χ1) is 7.70. The van der Waals surface area contributed by atoms with Gasteiger partial charge in [-0.25, -0.2) is 9.59 Å².